The van der Waals surface area contributed by atoms with Crippen molar-refractivity contribution < 1.29 is 9.18 Å². The molecule has 0 aliphatic rings. The first kappa shape index (κ1) is 17.9. The molecule has 0 saturated heterocycles. The van der Waals surface area contributed by atoms with Gasteiger partial charge in [-0.25, -0.2) is 23.8 Å². The largest absolute Gasteiger partial charge is 0.338 e. The van der Waals surface area contributed by atoms with Crippen molar-refractivity contribution in [2.24, 2.45) is 0 Å². The highest BCUT2D eigenvalue weighted by molar-refractivity contribution is 7.99. The SMILES string of the molecule is O=C(NCCCSc1ccc(F)cc1)Nc1cccnc1-n1cncn1. The van der Waals surface area contributed by atoms with E-state index < -0.39 is 0 Å². The Balaban J connectivity index is 1.43. The Hall–Kier alpha value is -2.94. The molecule has 3 aromatic rings. The maximum atomic E-state index is 12.8. The fraction of sp³-hybridized carbons (Fsp3) is 0.176. The lowest BCUT2D eigenvalue weighted by Gasteiger charge is -2.10. The number of hydrogen-bond donors (Lipinski definition) is 2. The van der Waals surface area contributed by atoms with Crippen LogP contribution in [0.25, 0.3) is 5.82 Å². The third-order valence-electron chi connectivity index (χ3n) is 3.36. The van der Waals surface area contributed by atoms with Gasteiger partial charge in [0, 0.05) is 17.6 Å². The molecule has 2 N–H and O–H groups in total. The maximum absolute atomic E-state index is 12.8. The average Bonchev–Trinajstić information content (AvgIpc) is 3.18. The Bertz CT molecular complexity index is 841. The topological polar surface area (TPSA) is 84.7 Å². The Morgan fingerprint density at radius 3 is 2.85 bits per heavy atom. The maximum Gasteiger partial charge on any atom is 0.319 e. The van der Waals surface area contributed by atoms with Crippen molar-refractivity contribution >= 4 is 23.5 Å². The van der Waals surface area contributed by atoms with E-state index in [0.29, 0.717) is 18.1 Å². The average molecular weight is 372 g/mol. The number of rotatable bonds is 7. The third-order valence-corrected chi connectivity index (χ3v) is 4.46. The molecule has 0 atom stereocenters. The first-order valence-electron chi connectivity index (χ1n) is 7.95. The predicted octanol–water partition coefficient (Wildman–Crippen LogP) is 3.11. The number of aromatic nitrogens is 4. The molecule has 0 fully saturated rings. The highest BCUT2D eigenvalue weighted by atomic mass is 32.2. The van der Waals surface area contributed by atoms with Crippen molar-refractivity contribution in [1.29, 1.82) is 0 Å². The second-order valence-electron chi connectivity index (χ2n) is 5.25. The molecule has 0 aliphatic carbocycles. The van der Waals surface area contributed by atoms with Gasteiger partial charge in [-0.1, -0.05) is 0 Å². The molecule has 2 heterocycles. The molecule has 0 unspecified atom stereocenters. The first-order valence-corrected chi connectivity index (χ1v) is 8.94. The highest BCUT2D eigenvalue weighted by Crippen LogP contribution is 2.18. The summed E-state index contributed by atoms with van der Waals surface area (Å²) in [4.78, 5) is 21.2. The van der Waals surface area contributed by atoms with E-state index in [0.717, 1.165) is 17.1 Å². The van der Waals surface area contributed by atoms with Crippen LogP contribution in [-0.4, -0.2) is 38.1 Å². The van der Waals surface area contributed by atoms with Gasteiger partial charge >= 0.3 is 6.03 Å². The van der Waals surface area contributed by atoms with Crippen LogP contribution in [0.3, 0.4) is 0 Å². The van der Waals surface area contributed by atoms with Gasteiger partial charge in [0.25, 0.3) is 0 Å². The molecule has 0 radical (unpaired) electrons. The number of halogens is 1. The molecule has 134 valence electrons. The van der Waals surface area contributed by atoms with Crippen molar-refractivity contribution in [2.75, 3.05) is 17.6 Å². The molecule has 7 nitrogen and oxygen atoms in total. The second kappa shape index (κ2) is 8.95. The number of pyridine rings is 1. The summed E-state index contributed by atoms with van der Waals surface area (Å²) in [5.41, 5.74) is 0.538. The fourth-order valence-corrected chi connectivity index (χ4v) is 3.01. The Labute approximate surface area is 154 Å². The Kier molecular flexibility index (Phi) is 6.15. The monoisotopic (exact) mass is 372 g/mol. The number of carbonyl (C=O) groups is 1. The number of urea groups is 1. The summed E-state index contributed by atoms with van der Waals surface area (Å²) in [5, 5.41) is 9.59. The van der Waals surface area contributed by atoms with Crippen LogP contribution < -0.4 is 10.6 Å². The van der Waals surface area contributed by atoms with Crippen LogP contribution in [-0.2, 0) is 0 Å². The predicted molar refractivity (Wildman–Crippen MR) is 97.9 cm³/mol. The Morgan fingerprint density at radius 2 is 2.08 bits per heavy atom. The van der Waals surface area contributed by atoms with Crippen LogP contribution in [0.1, 0.15) is 6.42 Å². The molecule has 0 bridgehead atoms. The first-order chi connectivity index (χ1) is 12.7. The number of hydrogen-bond acceptors (Lipinski definition) is 5. The van der Waals surface area contributed by atoms with Gasteiger partial charge in [0.1, 0.15) is 18.5 Å². The minimum absolute atomic E-state index is 0.242. The zero-order valence-electron chi connectivity index (χ0n) is 13.8. The molecule has 0 spiro atoms. The van der Waals surface area contributed by atoms with Crippen molar-refractivity contribution in [1.82, 2.24) is 25.1 Å². The molecule has 3 rings (SSSR count). The van der Waals surface area contributed by atoms with Crippen LogP contribution >= 0.6 is 11.8 Å². The minimum atomic E-state index is -0.314. The van der Waals surface area contributed by atoms with Crippen LogP contribution in [0.4, 0.5) is 14.9 Å². The molecule has 2 amide bonds. The molecule has 0 aliphatic heterocycles. The smallest absolute Gasteiger partial charge is 0.319 e. The highest BCUT2D eigenvalue weighted by Gasteiger charge is 2.09. The van der Waals surface area contributed by atoms with Gasteiger partial charge < -0.3 is 10.6 Å². The van der Waals surface area contributed by atoms with E-state index in [1.165, 1.54) is 29.5 Å². The number of nitrogens with zero attached hydrogens (tertiary/aromatic N) is 4. The van der Waals surface area contributed by atoms with E-state index in [4.69, 9.17) is 0 Å². The summed E-state index contributed by atoms with van der Waals surface area (Å²) in [6.45, 7) is 0.527. The molecular weight excluding hydrogens is 355 g/mol. The molecule has 1 aromatic carbocycles. The molecule has 26 heavy (non-hydrogen) atoms. The van der Waals surface area contributed by atoms with E-state index in [1.807, 2.05) is 0 Å². The molecule has 2 aromatic heterocycles. The minimum Gasteiger partial charge on any atom is -0.338 e. The number of amides is 2. The van der Waals surface area contributed by atoms with E-state index in [9.17, 15) is 9.18 Å². The van der Waals surface area contributed by atoms with Crippen molar-refractivity contribution in [3.63, 3.8) is 0 Å². The fourth-order valence-electron chi connectivity index (χ4n) is 2.16. The van der Waals surface area contributed by atoms with Crippen molar-refractivity contribution in [3.05, 3.63) is 61.1 Å². The van der Waals surface area contributed by atoms with Crippen LogP contribution in [0.5, 0.6) is 0 Å². The summed E-state index contributed by atoms with van der Waals surface area (Å²) in [6, 6.07) is 9.53. The Morgan fingerprint density at radius 1 is 1.23 bits per heavy atom. The van der Waals surface area contributed by atoms with Gasteiger partial charge in [0.2, 0.25) is 0 Å². The lowest BCUT2D eigenvalue weighted by molar-refractivity contribution is 0.252. The van der Waals surface area contributed by atoms with Crippen LogP contribution in [0.15, 0.2) is 60.1 Å². The molecular formula is C17H17FN6OS. The van der Waals surface area contributed by atoms with Gasteiger partial charge in [-0.3, -0.25) is 0 Å². The number of nitrogens with one attached hydrogen (secondary N) is 2. The van der Waals surface area contributed by atoms with E-state index in [2.05, 4.69) is 25.7 Å². The summed E-state index contributed by atoms with van der Waals surface area (Å²) in [6.07, 6.45) is 5.32. The van der Waals surface area contributed by atoms with Gasteiger partial charge in [-0.05, 0) is 48.6 Å². The normalized spacial score (nSPS) is 10.5. The summed E-state index contributed by atoms with van der Waals surface area (Å²) in [7, 11) is 0. The van der Waals surface area contributed by atoms with Crippen LogP contribution in [0, 0.1) is 5.82 Å². The number of anilines is 1. The summed E-state index contributed by atoms with van der Waals surface area (Å²) >= 11 is 1.62. The van der Waals surface area contributed by atoms with E-state index >= 15 is 0 Å². The van der Waals surface area contributed by atoms with E-state index in [1.54, 1.807) is 42.2 Å². The van der Waals surface area contributed by atoms with Crippen molar-refractivity contribution in [2.45, 2.75) is 11.3 Å². The summed E-state index contributed by atoms with van der Waals surface area (Å²) in [5.74, 6) is 1.07. The lowest BCUT2D eigenvalue weighted by Crippen LogP contribution is -2.30. The second-order valence-corrected chi connectivity index (χ2v) is 6.42. The summed E-state index contributed by atoms with van der Waals surface area (Å²) < 4.78 is 14.3. The molecule has 0 saturated carbocycles. The third kappa shape index (κ3) is 5.03. The standard InChI is InChI=1S/C17H17FN6OS/c18-13-4-6-14(7-5-13)26-10-2-9-21-17(25)23-15-3-1-8-20-16(15)24-12-19-11-22-24/h1,3-8,11-12H,2,9-10H2,(H2,21,23,25). The van der Waals surface area contributed by atoms with Gasteiger partial charge in [0.15, 0.2) is 5.82 Å². The number of benzene rings is 1. The quantitative estimate of drug-likeness (QED) is 0.492. The van der Waals surface area contributed by atoms with Crippen molar-refractivity contribution in [3.8, 4) is 5.82 Å². The number of carbonyl (C=O) groups excluding carboxylic acids is 1. The van der Waals surface area contributed by atoms with E-state index in [-0.39, 0.29) is 11.8 Å². The molecule has 9 heteroatoms. The zero-order valence-corrected chi connectivity index (χ0v) is 14.6. The van der Waals surface area contributed by atoms with Gasteiger partial charge in [-0.15, -0.1) is 11.8 Å². The number of thioether (sulfide) groups is 1. The van der Waals surface area contributed by atoms with Crippen LogP contribution in [0.2, 0.25) is 0 Å². The zero-order chi connectivity index (χ0) is 18.2. The lowest BCUT2D eigenvalue weighted by atomic mass is 10.4. The van der Waals surface area contributed by atoms with Gasteiger partial charge in [0.05, 0.1) is 5.69 Å². The van der Waals surface area contributed by atoms with Gasteiger partial charge in [-0.2, -0.15) is 5.10 Å².